The topological polar surface area (TPSA) is 123 Å². The molecule has 6 nitrogen and oxygen atoms in total. The molecule has 0 unspecified atom stereocenters. The van der Waals surface area contributed by atoms with Gasteiger partial charge >= 0.3 is 0 Å². The Morgan fingerprint density at radius 3 is 2.43 bits per heavy atom. The van der Waals surface area contributed by atoms with Crippen LogP contribution in [0.25, 0.3) is 0 Å². The van der Waals surface area contributed by atoms with E-state index in [1.165, 1.54) is 6.07 Å². The Morgan fingerprint density at radius 1 is 1.19 bits per heavy atom. The highest BCUT2D eigenvalue weighted by Gasteiger charge is 2.24. The summed E-state index contributed by atoms with van der Waals surface area (Å²) in [7, 11) is 0. The van der Waals surface area contributed by atoms with E-state index < -0.39 is 0 Å². The van der Waals surface area contributed by atoms with E-state index >= 15 is 0 Å². The van der Waals surface area contributed by atoms with E-state index in [1.54, 1.807) is 11.1 Å². The number of anilines is 1. The molecule has 0 radical (unpaired) electrons. The number of hydrogen-bond donors (Lipinski definition) is 3. The predicted molar refractivity (Wildman–Crippen MR) is 78.3 cm³/mol. The zero-order valence-electron chi connectivity index (χ0n) is 11.8. The largest absolute Gasteiger partial charge is 0.397 e. The average molecular weight is 285 g/mol. The van der Waals surface area contributed by atoms with Crippen LogP contribution in [0.5, 0.6) is 0 Å². The summed E-state index contributed by atoms with van der Waals surface area (Å²) in [5.41, 5.74) is 7.74. The molecule has 0 amide bonds. The number of rotatable bonds is 3. The number of aliphatic hydroxyl groups excluding tert-OH is 1. The van der Waals surface area contributed by atoms with Crippen molar-refractivity contribution in [1.82, 2.24) is 5.01 Å². The quantitative estimate of drug-likeness (QED) is 0.432. The van der Waals surface area contributed by atoms with Gasteiger partial charge in [0, 0.05) is 12.6 Å². The Balaban J connectivity index is 2.16. The zero-order valence-corrected chi connectivity index (χ0v) is 11.8. The molecule has 0 spiro atoms. The molecule has 1 aliphatic carbocycles. The zero-order chi connectivity index (χ0) is 15.4. The fourth-order valence-electron chi connectivity index (χ4n) is 2.72. The van der Waals surface area contributed by atoms with Crippen molar-refractivity contribution in [3.63, 3.8) is 0 Å². The Hall–Kier alpha value is -2.12. The number of nitrogens with two attached hydrogens (primary N) is 2. The van der Waals surface area contributed by atoms with E-state index in [9.17, 15) is 5.11 Å². The Kier molecular flexibility index (Phi) is 4.77. The number of nitrogens with zero attached hydrogens (tertiary/aromatic N) is 3. The van der Waals surface area contributed by atoms with Crippen LogP contribution in [-0.4, -0.2) is 22.3 Å². The van der Waals surface area contributed by atoms with Crippen LogP contribution in [0.15, 0.2) is 12.1 Å². The second-order valence-corrected chi connectivity index (χ2v) is 5.45. The van der Waals surface area contributed by atoms with Crippen molar-refractivity contribution in [1.29, 1.82) is 10.5 Å². The molecule has 21 heavy (non-hydrogen) atoms. The van der Waals surface area contributed by atoms with E-state index in [2.05, 4.69) is 0 Å². The van der Waals surface area contributed by atoms with Crippen LogP contribution in [0.3, 0.4) is 0 Å². The molecule has 0 aliphatic heterocycles. The summed E-state index contributed by atoms with van der Waals surface area (Å²) < 4.78 is 0. The Bertz CT molecular complexity index is 593. The fraction of sp³-hybridized carbons (Fsp3) is 0.467. The summed E-state index contributed by atoms with van der Waals surface area (Å²) in [5, 5.41) is 29.3. The van der Waals surface area contributed by atoms with Crippen LogP contribution in [-0.2, 0) is 6.54 Å². The number of aliphatic hydroxyl groups is 1. The van der Waals surface area contributed by atoms with Gasteiger partial charge in [0.05, 0.1) is 29.0 Å². The molecular weight excluding hydrogens is 266 g/mol. The molecule has 1 aromatic carbocycles. The number of benzene rings is 1. The van der Waals surface area contributed by atoms with Crippen LogP contribution in [0.2, 0.25) is 0 Å². The molecule has 1 fully saturated rings. The van der Waals surface area contributed by atoms with E-state index in [0.29, 0.717) is 28.9 Å². The molecule has 2 rings (SSSR count). The summed E-state index contributed by atoms with van der Waals surface area (Å²) in [6.45, 7) is 0.386. The van der Waals surface area contributed by atoms with E-state index in [4.69, 9.17) is 22.1 Å². The molecule has 1 saturated carbocycles. The van der Waals surface area contributed by atoms with Crippen molar-refractivity contribution in [2.75, 3.05) is 5.73 Å². The van der Waals surface area contributed by atoms with Gasteiger partial charge in [0.2, 0.25) is 0 Å². The maximum Gasteiger partial charge on any atom is 0.101 e. The van der Waals surface area contributed by atoms with Gasteiger partial charge in [-0.25, -0.2) is 5.01 Å². The lowest BCUT2D eigenvalue weighted by Crippen LogP contribution is -2.43. The van der Waals surface area contributed by atoms with Crippen molar-refractivity contribution in [2.24, 2.45) is 5.84 Å². The van der Waals surface area contributed by atoms with Gasteiger partial charge in [-0.2, -0.15) is 10.5 Å². The number of hydrazine groups is 1. The molecule has 0 heterocycles. The standard InChI is InChI=1S/C15H19N5O/c16-7-10-5-11(8-17)15(18)12(6-10)9-20(19)13-1-3-14(21)4-2-13/h5-6,13-14,21H,1-4,9,18-19H2. The Morgan fingerprint density at radius 2 is 1.86 bits per heavy atom. The highest BCUT2D eigenvalue weighted by Crippen LogP contribution is 2.25. The summed E-state index contributed by atoms with van der Waals surface area (Å²) in [5.74, 6) is 6.11. The van der Waals surface area contributed by atoms with E-state index in [0.717, 1.165) is 25.7 Å². The SMILES string of the molecule is N#Cc1cc(C#N)c(N)c(CN(N)C2CCC(O)CC2)c1. The third kappa shape index (κ3) is 3.50. The van der Waals surface area contributed by atoms with Gasteiger partial charge in [-0.05, 0) is 43.4 Å². The van der Waals surface area contributed by atoms with Crippen molar-refractivity contribution >= 4 is 5.69 Å². The summed E-state index contributed by atoms with van der Waals surface area (Å²) in [6.07, 6.45) is 2.93. The van der Waals surface area contributed by atoms with Crippen molar-refractivity contribution < 1.29 is 5.11 Å². The second-order valence-electron chi connectivity index (χ2n) is 5.45. The lowest BCUT2D eigenvalue weighted by atomic mass is 9.92. The van der Waals surface area contributed by atoms with Gasteiger partial charge in [0.15, 0.2) is 0 Å². The lowest BCUT2D eigenvalue weighted by molar-refractivity contribution is 0.0704. The van der Waals surface area contributed by atoms with Crippen molar-refractivity contribution in [3.8, 4) is 12.1 Å². The first-order chi connectivity index (χ1) is 10.0. The van der Waals surface area contributed by atoms with Gasteiger partial charge in [-0.3, -0.25) is 5.84 Å². The van der Waals surface area contributed by atoms with E-state index in [-0.39, 0.29) is 12.1 Å². The second kappa shape index (κ2) is 6.55. The van der Waals surface area contributed by atoms with Gasteiger partial charge in [0.25, 0.3) is 0 Å². The Labute approximate surface area is 124 Å². The molecular formula is C15H19N5O. The molecule has 1 aromatic rings. The highest BCUT2D eigenvalue weighted by atomic mass is 16.3. The van der Waals surface area contributed by atoms with Gasteiger partial charge in [-0.15, -0.1) is 0 Å². The minimum absolute atomic E-state index is 0.184. The van der Waals surface area contributed by atoms with Gasteiger partial charge < -0.3 is 10.8 Å². The smallest absolute Gasteiger partial charge is 0.101 e. The van der Waals surface area contributed by atoms with Crippen LogP contribution in [0, 0.1) is 22.7 Å². The molecule has 0 saturated heterocycles. The van der Waals surface area contributed by atoms with Crippen molar-refractivity contribution in [2.45, 2.75) is 44.4 Å². The maximum absolute atomic E-state index is 9.53. The fourth-order valence-corrected chi connectivity index (χ4v) is 2.72. The minimum Gasteiger partial charge on any atom is -0.397 e. The average Bonchev–Trinajstić information content (AvgIpc) is 2.49. The molecule has 0 aromatic heterocycles. The number of nitrogen functional groups attached to an aromatic ring is 1. The first-order valence-electron chi connectivity index (χ1n) is 6.97. The summed E-state index contributed by atoms with van der Waals surface area (Å²) >= 11 is 0. The maximum atomic E-state index is 9.53. The first-order valence-corrected chi connectivity index (χ1v) is 6.97. The lowest BCUT2D eigenvalue weighted by Gasteiger charge is -2.32. The van der Waals surface area contributed by atoms with Crippen molar-refractivity contribution in [3.05, 3.63) is 28.8 Å². The van der Waals surface area contributed by atoms with Gasteiger partial charge in [0.1, 0.15) is 6.07 Å². The monoisotopic (exact) mass is 285 g/mol. The molecule has 0 atom stereocenters. The highest BCUT2D eigenvalue weighted by molar-refractivity contribution is 5.62. The third-order valence-electron chi connectivity index (χ3n) is 4.00. The number of hydrogen-bond acceptors (Lipinski definition) is 6. The molecule has 6 heteroatoms. The summed E-state index contributed by atoms with van der Waals surface area (Å²) in [6, 6.07) is 7.37. The first kappa shape index (κ1) is 15.3. The van der Waals surface area contributed by atoms with Crippen LogP contribution < -0.4 is 11.6 Å². The summed E-state index contributed by atoms with van der Waals surface area (Å²) in [4.78, 5) is 0. The van der Waals surface area contributed by atoms with Crippen LogP contribution >= 0.6 is 0 Å². The predicted octanol–water partition coefficient (Wildman–Crippen LogP) is 0.991. The molecule has 110 valence electrons. The van der Waals surface area contributed by atoms with Crippen LogP contribution in [0.4, 0.5) is 5.69 Å². The van der Waals surface area contributed by atoms with Gasteiger partial charge in [-0.1, -0.05) is 0 Å². The third-order valence-corrected chi connectivity index (χ3v) is 4.00. The number of nitriles is 2. The normalized spacial score (nSPS) is 21.8. The molecule has 5 N–H and O–H groups in total. The molecule has 1 aliphatic rings. The molecule has 0 bridgehead atoms. The van der Waals surface area contributed by atoms with Crippen LogP contribution in [0.1, 0.15) is 42.4 Å². The minimum atomic E-state index is -0.230. The van der Waals surface area contributed by atoms with E-state index in [1.807, 2.05) is 12.1 Å².